The summed E-state index contributed by atoms with van der Waals surface area (Å²) in [5, 5.41) is 9.32. The number of hydrogen-bond acceptors (Lipinski definition) is 6. The number of hydrogen-bond donors (Lipinski definition) is 3. The van der Waals surface area contributed by atoms with E-state index in [4.69, 9.17) is 32.7 Å². The summed E-state index contributed by atoms with van der Waals surface area (Å²) in [7, 11) is 1.45. The molecule has 0 radical (unpaired) electrons. The van der Waals surface area contributed by atoms with E-state index in [1.165, 1.54) is 19.4 Å². The highest BCUT2D eigenvalue weighted by atomic mass is 35.5. The van der Waals surface area contributed by atoms with E-state index in [9.17, 15) is 14.4 Å². The van der Waals surface area contributed by atoms with Gasteiger partial charge >= 0.3 is 11.8 Å². The van der Waals surface area contributed by atoms with Gasteiger partial charge in [0.25, 0.3) is 5.91 Å². The molecule has 0 atom stereocenters. The fraction of sp³-hybridized carbons (Fsp3) is 0.154. The van der Waals surface area contributed by atoms with Gasteiger partial charge in [0.15, 0.2) is 18.1 Å². The highest BCUT2D eigenvalue weighted by Gasteiger charge is 2.15. The summed E-state index contributed by atoms with van der Waals surface area (Å²) in [6.45, 7) is 3.67. The molecule has 0 saturated heterocycles. The van der Waals surface area contributed by atoms with Gasteiger partial charge in [-0.2, -0.15) is 5.10 Å². The minimum absolute atomic E-state index is 0.117. The molecule has 192 valence electrons. The minimum Gasteiger partial charge on any atom is -0.493 e. The van der Waals surface area contributed by atoms with Gasteiger partial charge in [0.2, 0.25) is 0 Å². The third kappa shape index (κ3) is 7.45. The Bertz CT molecular complexity index is 1360. The number of halogens is 2. The Morgan fingerprint density at radius 3 is 2.41 bits per heavy atom. The number of rotatable bonds is 8. The average molecular weight is 543 g/mol. The first kappa shape index (κ1) is 27.5. The Kier molecular flexibility index (Phi) is 9.48. The van der Waals surface area contributed by atoms with Crippen LogP contribution in [0.15, 0.2) is 59.7 Å². The molecule has 11 heteroatoms. The Morgan fingerprint density at radius 1 is 0.919 bits per heavy atom. The quantitative estimate of drug-likeness (QED) is 0.216. The number of benzene rings is 3. The van der Waals surface area contributed by atoms with Crippen LogP contribution in [0.2, 0.25) is 10.0 Å². The molecular formula is C26H24Cl2N4O5. The van der Waals surface area contributed by atoms with E-state index in [0.717, 1.165) is 16.8 Å². The monoisotopic (exact) mass is 542 g/mol. The third-order valence-electron chi connectivity index (χ3n) is 5.21. The van der Waals surface area contributed by atoms with E-state index in [-0.39, 0.29) is 28.2 Å². The second-order valence-electron chi connectivity index (χ2n) is 7.75. The van der Waals surface area contributed by atoms with Crippen molar-refractivity contribution in [2.75, 3.05) is 24.4 Å². The van der Waals surface area contributed by atoms with Crippen molar-refractivity contribution < 1.29 is 23.9 Å². The summed E-state index contributed by atoms with van der Waals surface area (Å²) in [5.74, 6) is -1.60. The SMILES string of the molecule is COc1cc(/C=N\NC(=O)C(=O)Nc2cccc(Cl)c2Cl)ccc1OCC(=O)Nc1cccc(C)c1C. The molecule has 0 spiro atoms. The van der Waals surface area contributed by atoms with Crippen LogP contribution in [0, 0.1) is 13.8 Å². The number of anilines is 2. The lowest BCUT2D eigenvalue weighted by molar-refractivity contribution is -0.136. The number of nitrogens with zero attached hydrogens (tertiary/aromatic N) is 1. The average Bonchev–Trinajstić information content (AvgIpc) is 2.88. The maximum absolute atomic E-state index is 12.3. The summed E-state index contributed by atoms with van der Waals surface area (Å²) in [6.07, 6.45) is 1.32. The second-order valence-corrected chi connectivity index (χ2v) is 8.53. The van der Waals surface area contributed by atoms with Gasteiger partial charge in [-0.15, -0.1) is 0 Å². The molecule has 3 rings (SSSR count). The lowest BCUT2D eigenvalue weighted by Crippen LogP contribution is -2.32. The Labute approximate surface area is 223 Å². The number of carbonyl (C=O) groups excluding carboxylic acids is 3. The van der Waals surface area contributed by atoms with Gasteiger partial charge in [0, 0.05) is 5.69 Å². The smallest absolute Gasteiger partial charge is 0.329 e. The fourth-order valence-corrected chi connectivity index (χ4v) is 3.44. The molecule has 3 amide bonds. The van der Waals surface area contributed by atoms with Crippen molar-refractivity contribution in [2.24, 2.45) is 5.10 Å². The lowest BCUT2D eigenvalue weighted by Gasteiger charge is -2.13. The first-order valence-corrected chi connectivity index (χ1v) is 11.7. The molecule has 3 aromatic carbocycles. The van der Waals surface area contributed by atoms with Gasteiger partial charge in [-0.3, -0.25) is 14.4 Å². The van der Waals surface area contributed by atoms with Crippen LogP contribution in [-0.4, -0.2) is 37.7 Å². The predicted octanol–water partition coefficient (Wildman–Crippen LogP) is 4.73. The van der Waals surface area contributed by atoms with E-state index >= 15 is 0 Å². The minimum atomic E-state index is -1.01. The van der Waals surface area contributed by atoms with E-state index in [0.29, 0.717) is 17.1 Å². The molecule has 0 bridgehead atoms. The van der Waals surface area contributed by atoms with Crippen molar-refractivity contribution in [3.05, 3.63) is 81.3 Å². The topological polar surface area (TPSA) is 118 Å². The van der Waals surface area contributed by atoms with E-state index in [2.05, 4.69) is 21.2 Å². The van der Waals surface area contributed by atoms with Crippen LogP contribution in [0.3, 0.4) is 0 Å². The molecule has 0 saturated carbocycles. The molecule has 0 aliphatic carbocycles. The number of amides is 3. The molecule has 0 heterocycles. The number of methoxy groups -OCH3 is 1. The van der Waals surface area contributed by atoms with Crippen LogP contribution >= 0.6 is 23.2 Å². The van der Waals surface area contributed by atoms with Crippen molar-refractivity contribution in [1.29, 1.82) is 0 Å². The van der Waals surface area contributed by atoms with Gasteiger partial charge < -0.3 is 20.1 Å². The van der Waals surface area contributed by atoms with Crippen LogP contribution in [-0.2, 0) is 14.4 Å². The van der Waals surface area contributed by atoms with Crippen molar-refractivity contribution >= 4 is 58.5 Å². The highest BCUT2D eigenvalue weighted by Crippen LogP contribution is 2.29. The van der Waals surface area contributed by atoms with Crippen molar-refractivity contribution in [3.8, 4) is 11.5 Å². The molecule has 3 N–H and O–H groups in total. The number of aryl methyl sites for hydroxylation is 1. The number of carbonyl (C=O) groups is 3. The van der Waals surface area contributed by atoms with Gasteiger partial charge in [-0.25, -0.2) is 5.43 Å². The number of ether oxygens (including phenoxy) is 2. The normalized spacial score (nSPS) is 10.6. The number of nitrogens with one attached hydrogen (secondary N) is 3. The van der Waals surface area contributed by atoms with Crippen molar-refractivity contribution in [1.82, 2.24) is 5.43 Å². The standard InChI is InChI=1S/C26H24Cl2N4O5/c1-15-6-4-8-19(16(15)2)30-23(33)14-37-21-11-10-17(12-22(21)36-3)13-29-32-26(35)25(34)31-20-9-5-7-18(27)24(20)28/h4-13H,14H2,1-3H3,(H,30,33)(H,31,34)(H,32,35)/b29-13-. The molecular weight excluding hydrogens is 519 g/mol. The van der Waals surface area contributed by atoms with Gasteiger partial charge in [0.1, 0.15) is 0 Å². The molecule has 0 aromatic heterocycles. The summed E-state index contributed by atoms with van der Waals surface area (Å²) in [5.41, 5.74) is 5.64. The first-order valence-electron chi connectivity index (χ1n) is 10.9. The summed E-state index contributed by atoms with van der Waals surface area (Å²) < 4.78 is 10.9. The van der Waals surface area contributed by atoms with Crippen molar-refractivity contribution in [3.63, 3.8) is 0 Å². The zero-order valence-corrected chi connectivity index (χ0v) is 21.7. The second kappa shape index (κ2) is 12.8. The summed E-state index contributed by atoms with van der Waals surface area (Å²) in [4.78, 5) is 36.4. The van der Waals surface area contributed by atoms with Gasteiger partial charge in [-0.1, -0.05) is 41.4 Å². The van der Waals surface area contributed by atoms with Crippen LogP contribution < -0.4 is 25.5 Å². The maximum atomic E-state index is 12.3. The number of hydrazone groups is 1. The van der Waals surface area contributed by atoms with Gasteiger partial charge in [-0.05, 0) is 66.9 Å². The molecule has 9 nitrogen and oxygen atoms in total. The van der Waals surface area contributed by atoms with Gasteiger partial charge in [0.05, 0.1) is 29.1 Å². The van der Waals surface area contributed by atoms with E-state index in [1.807, 2.05) is 32.0 Å². The molecule has 0 aliphatic heterocycles. The van der Waals surface area contributed by atoms with Crippen LogP contribution in [0.4, 0.5) is 11.4 Å². The van der Waals surface area contributed by atoms with Crippen molar-refractivity contribution in [2.45, 2.75) is 13.8 Å². The molecule has 37 heavy (non-hydrogen) atoms. The van der Waals surface area contributed by atoms with Crippen LogP contribution in [0.1, 0.15) is 16.7 Å². The Morgan fingerprint density at radius 2 is 1.65 bits per heavy atom. The largest absolute Gasteiger partial charge is 0.493 e. The summed E-state index contributed by atoms with van der Waals surface area (Å²) >= 11 is 11.9. The lowest BCUT2D eigenvalue weighted by atomic mass is 10.1. The fourth-order valence-electron chi connectivity index (χ4n) is 3.10. The molecule has 0 aliphatic rings. The van der Waals surface area contributed by atoms with Crippen LogP contribution in [0.25, 0.3) is 0 Å². The third-order valence-corrected chi connectivity index (χ3v) is 6.03. The van der Waals surface area contributed by atoms with Crippen LogP contribution in [0.5, 0.6) is 11.5 Å². The van der Waals surface area contributed by atoms with E-state index in [1.54, 1.807) is 30.3 Å². The molecule has 3 aromatic rings. The Balaban J connectivity index is 1.55. The summed E-state index contributed by atoms with van der Waals surface area (Å²) in [6, 6.07) is 15.1. The molecule has 0 fully saturated rings. The van der Waals surface area contributed by atoms with E-state index < -0.39 is 11.8 Å². The predicted molar refractivity (Wildman–Crippen MR) is 144 cm³/mol. The first-order chi connectivity index (χ1) is 17.7. The zero-order chi connectivity index (χ0) is 26.9. The Hall–Kier alpha value is -4.08. The zero-order valence-electron chi connectivity index (χ0n) is 20.2. The maximum Gasteiger partial charge on any atom is 0.329 e. The molecule has 0 unspecified atom stereocenters. The highest BCUT2D eigenvalue weighted by molar-refractivity contribution is 6.45.